The maximum absolute atomic E-state index is 6.17. The molecule has 0 fully saturated rings. The SMILES string of the molecule is Clc1ccccc1COc1cccc(CNCCc2ccccc2)c1. The van der Waals surface area contributed by atoms with Gasteiger partial charge in [-0.3, -0.25) is 0 Å². The Kier molecular flexibility index (Phi) is 6.49. The molecule has 2 nitrogen and oxygen atoms in total. The Labute approximate surface area is 154 Å². The number of benzene rings is 3. The molecule has 0 unspecified atom stereocenters. The lowest BCUT2D eigenvalue weighted by atomic mass is 10.1. The summed E-state index contributed by atoms with van der Waals surface area (Å²) >= 11 is 6.17. The van der Waals surface area contributed by atoms with E-state index in [9.17, 15) is 0 Å². The predicted molar refractivity (Wildman–Crippen MR) is 104 cm³/mol. The molecule has 3 aromatic carbocycles. The third-order valence-electron chi connectivity index (χ3n) is 4.01. The van der Waals surface area contributed by atoms with Gasteiger partial charge in [-0.15, -0.1) is 0 Å². The number of halogens is 1. The second kappa shape index (κ2) is 9.26. The zero-order valence-electron chi connectivity index (χ0n) is 14.1. The third-order valence-corrected chi connectivity index (χ3v) is 4.38. The monoisotopic (exact) mass is 351 g/mol. The van der Waals surface area contributed by atoms with Crippen LogP contribution in [0.1, 0.15) is 16.7 Å². The van der Waals surface area contributed by atoms with Crippen LogP contribution in [0.3, 0.4) is 0 Å². The second-order valence-corrected chi connectivity index (χ2v) is 6.35. The second-order valence-electron chi connectivity index (χ2n) is 5.94. The molecule has 0 radical (unpaired) electrons. The molecule has 0 aliphatic carbocycles. The first-order valence-corrected chi connectivity index (χ1v) is 8.89. The predicted octanol–water partition coefficient (Wildman–Crippen LogP) is 5.25. The van der Waals surface area contributed by atoms with Crippen LogP contribution >= 0.6 is 11.6 Å². The summed E-state index contributed by atoms with van der Waals surface area (Å²) in [6, 6.07) is 26.5. The van der Waals surface area contributed by atoms with Crippen LogP contribution in [0.15, 0.2) is 78.9 Å². The molecular formula is C22H22ClNO. The quantitative estimate of drug-likeness (QED) is 0.559. The van der Waals surface area contributed by atoms with E-state index in [4.69, 9.17) is 16.3 Å². The van der Waals surface area contributed by atoms with Crippen LogP contribution in [0.25, 0.3) is 0 Å². The van der Waals surface area contributed by atoms with Crippen LogP contribution in [0.5, 0.6) is 5.75 Å². The lowest BCUT2D eigenvalue weighted by molar-refractivity contribution is 0.306. The molecule has 128 valence electrons. The van der Waals surface area contributed by atoms with Gasteiger partial charge < -0.3 is 10.1 Å². The Morgan fingerprint density at radius 3 is 2.40 bits per heavy atom. The minimum absolute atomic E-state index is 0.477. The van der Waals surface area contributed by atoms with Crippen molar-refractivity contribution in [1.29, 1.82) is 0 Å². The minimum atomic E-state index is 0.477. The van der Waals surface area contributed by atoms with Gasteiger partial charge in [-0.05, 0) is 42.3 Å². The smallest absolute Gasteiger partial charge is 0.120 e. The fraction of sp³-hybridized carbons (Fsp3) is 0.182. The average molecular weight is 352 g/mol. The van der Waals surface area contributed by atoms with E-state index in [1.165, 1.54) is 11.1 Å². The molecule has 3 heteroatoms. The summed E-state index contributed by atoms with van der Waals surface area (Å²) in [6.07, 6.45) is 1.03. The van der Waals surface area contributed by atoms with E-state index in [0.717, 1.165) is 35.8 Å². The first kappa shape index (κ1) is 17.5. The number of ether oxygens (including phenoxy) is 1. The van der Waals surface area contributed by atoms with Crippen molar-refractivity contribution < 1.29 is 4.74 Å². The maximum atomic E-state index is 6.17. The Morgan fingerprint density at radius 2 is 1.56 bits per heavy atom. The van der Waals surface area contributed by atoms with Crippen molar-refractivity contribution in [2.75, 3.05) is 6.54 Å². The molecule has 0 amide bonds. The highest BCUT2D eigenvalue weighted by Crippen LogP contribution is 2.19. The molecule has 3 rings (SSSR count). The highest BCUT2D eigenvalue weighted by molar-refractivity contribution is 6.31. The van der Waals surface area contributed by atoms with Crippen molar-refractivity contribution in [3.05, 3.63) is 101 Å². The summed E-state index contributed by atoms with van der Waals surface area (Å²) in [4.78, 5) is 0. The fourth-order valence-corrected chi connectivity index (χ4v) is 2.82. The molecule has 0 atom stereocenters. The van der Waals surface area contributed by atoms with Gasteiger partial charge in [0.1, 0.15) is 12.4 Å². The van der Waals surface area contributed by atoms with Crippen LogP contribution in [0.2, 0.25) is 5.02 Å². The van der Waals surface area contributed by atoms with Gasteiger partial charge in [0.15, 0.2) is 0 Å². The Balaban J connectivity index is 1.47. The first-order chi connectivity index (χ1) is 12.3. The molecule has 0 aliphatic rings. The van der Waals surface area contributed by atoms with Crippen molar-refractivity contribution in [1.82, 2.24) is 5.32 Å². The molecule has 0 saturated heterocycles. The van der Waals surface area contributed by atoms with E-state index in [1.807, 2.05) is 42.5 Å². The van der Waals surface area contributed by atoms with Crippen molar-refractivity contribution >= 4 is 11.6 Å². The zero-order valence-corrected chi connectivity index (χ0v) is 14.9. The molecule has 0 aromatic heterocycles. The van der Waals surface area contributed by atoms with Gasteiger partial charge in [-0.25, -0.2) is 0 Å². The largest absolute Gasteiger partial charge is 0.489 e. The highest BCUT2D eigenvalue weighted by Gasteiger charge is 2.02. The molecule has 0 heterocycles. The van der Waals surface area contributed by atoms with Gasteiger partial charge in [0.05, 0.1) is 0 Å². The van der Waals surface area contributed by atoms with E-state index in [-0.39, 0.29) is 0 Å². The van der Waals surface area contributed by atoms with E-state index in [0.29, 0.717) is 6.61 Å². The van der Waals surface area contributed by atoms with Crippen LogP contribution in [-0.2, 0) is 19.6 Å². The van der Waals surface area contributed by atoms with Crippen molar-refractivity contribution in [2.45, 2.75) is 19.6 Å². The van der Waals surface area contributed by atoms with Crippen LogP contribution < -0.4 is 10.1 Å². The molecule has 3 aromatic rings. The highest BCUT2D eigenvalue weighted by atomic mass is 35.5. The van der Waals surface area contributed by atoms with Gasteiger partial charge in [0, 0.05) is 17.1 Å². The summed E-state index contributed by atoms with van der Waals surface area (Å²) in [5.74, 6) is 0.863. The molecule has 25 heavy (non-hydrogen) atoms. The van der Waals surface area contributed by atoms with Crippen molar-refractivity contribution in [3.8, 4) is 5.75 Å². The van der Waals surface area contributed by atoms with E-state index in [2.05, 4.69) is 41.7 Å². The summed E-state index contributed by atoms with van der Waals surface area (Å²) in [6.45, 7) is 2.26. The van der Waals surface area contributed by atoms with Crippen LogP contribution in [0, 0.1) is 0 Å². The van der Waals surface area contributed by atoms with E-state index in [1.54, 1.807) is 0 Å². The summed E-state index contributed by atoms with van der Waals surface area (Å²) in [7, 11) is 0. The fourth-order valence-electron chi connectivity index (χ4n) is 2.63. The first-order valence-electron chi connectivity index (χ1n) is 8.51. The Bertz CT molecular complexity index is 789. The summed E-state index contributed by atoms with van der Waals surface area (Å²) in [5, 5.41) is 4.22. The number of nitrogens with one attached hydrogen (secondary N) is 1. The van der Waals surface area contributed by atoms with Crippen molar-refractivity contribution in [3.63, 3.8) is 0 Å². The maximum Gasteiger partial charge on any atom is 0.120 e. The van der Waals surface area contributed by atoms with Gasteiger partial charge >= 0.3 is 0 Å². The molecular weight excluding hydrogens is 330 g/mol. The lowest BCUT2D eigenvalue weighted by Crippen LogP contribution is -2.16. The van der Waals surface area contributed by atoms with Gasteiger partial charge in [-0.2, -0.15) is 0 Å². The summed E-state index contributed by atoms with van der Waals surface area (Å²) < 4.78 is 5.88. The van der Waals surface area contributed by atoms with Gasteiger partial charge in [0.2, 0.25) is 0 Å². The molecule has 0 aliphatic heterocycles. The van der Waals surface area contributed by atoms with Crippen molar-refractivity contribution in [2.24, 2.45) is 0 Å². The van der Waals surface area contributed by atoms with E-state index >= 15 is 0 Å². The average Bonchev–Trinajstić information content (AvgIpc) is 2.66. The molecule has 0 saturated carbocycles. The van der Waals surface area contributed by atoms with Gasteiger partial charge in [-0.1, -0.05) is 72.3 Å². The Hall–Kier alpha value is -2.29. The Morgan fingerprint density at radius 1 is 0.800 bits per heavy atom. The minimum Gasteiger partial charge on any atom is -0.489 e. The normalized spacial score (nSPS) is 10.6. The zero-order chi connectivity index (χ0) is 17.3. The lowest BCUT2D eigenvalue weighted by Gasteiger charge is -2.10. The summed E-state index contributed by atoms with van der Waals surface area (Å²) in [5.41, 5.74) is 3.56. The van der Waals surface area contributed by atoms with E-state index < -0.39 is 0 Å². The third kappa shape index (κ3) is 5.63. The number of rotatable bonds is 8. The molecule has 0 spiro atoms. The van der Waals surface area contributed by atoms with Crippen LogP contribution in [-0.4, -0.2) is 6.54 Å². The van der Waals surface area contributed by atoms with Crippen LogP contribution in [0.4, 0.5) is 0 Å². The topological polar surface area (TPSA) is 21.3 Å². The standard InChI is InChI=1S/C22H22ClNO/c23-22-12-5-4-10-20(22)17-25-21-11-6-9-19(15-21)16-24-14-13-18-7-2-1-3-8-18/h1-12,15,24H,13-14,16-17H2. The molecule has 1 N–H and O–H groups in total. The number of hydrogen-bond acceptors (Lipinski definition) is 2. The number of hydrogen-bond donors (Lipinski definition) is 1. The van der Waals surface area contributed by atoms with Gasteiger partial charge in [0.25, 0.3) is 0 Å². The molecule has 0 bridgehead atoms.